The molecule has 0 bridgehead atoms. The van der Waals surface area contributed by atoms with Crippen LogP contribution in [0.1, 0.15) is 67.1 Å². The lowest BCUT2D eigenvalue weighted by Gasteiger charge is -2.32. The second-order valence-electron chi connectivity index (χ2n) is 9.14. The molecule has 1 aliphatic carbocycles. The highest BCUT2D eigenvalue weighted by molar-refractivity contribution is 6.61. The van der Waals surface area contributed by atoms with Crippen LogP contribution in [-0.2, 0) is 19.6 Å². The van der Waals surface area contributed by atoms with Crippen molar-refractivity contribution in [3.63, 3.8) is 0 Å². The molecule has 3 rings (SSSR count). The van der Waals surface area contributed by atoms with Crippen LogP contribution in [0.15, 0.2) is 12.4 Å². The van der Waals surface area contributed by atoms with Gasteiger partial charge in [-0.15, -0.1) is 0 Å². The molecule has 1 saturated carbocycles. The van der Waals surface area contributed by atoms with Gasteiger partial charge in [0.25, 0.3) is 0 Å². The van der Waals surface area contributed by atoms with Crippen LogP contribution in [0.25, 0.3) is 0 Å². The van der Waals surface area contributed by atoms with Gasteiger partial charge in [-0.25, -0.2) is 14.8 Å². The Bertz CT molecular complexity index is 677. The van der Waals surface area contributed by atoms with Gasteiger partial charge in [-0.3, -0.25) is 0 Å². The molecule has 2 heterocycles. The third kappa shape index (κ3) is 3.71. The van der Waals surface area contributed by atoms with E-state index in [-0.39, 0.29) is 0 Å². The normalized spacial score (nSPS) is 22.8. The van der Waals surface area contributed by atoms with E-state index in [1.165, 1.54) is 0 Å². The smallest absolute Gasteiger partial charge is 0.444 e. The molecule has 1 aromatic heterocycles. The lowest BCUT2D eigenvalue weighted by molar-refractivity contribution is 0.00578. The fourth-order valence-corrected chi connectivity index (χ4v) is 2.71. The summed E-state index contributed by atoms with van der Waals surface area (Å²) in [7, 11) is -0.497. The van der Waals surface area contributed by atoms with Crippen LogP contribution in [-0.4, -0.2) is 40.0 Å². The van der Waals surface area contributed by atoms with Gasteiger partial charge in [0.05, 0.1) is 11.2 Å². The Hall–Kier alpha value is -1.67. The van der Waals surface area contributed by atoms with Crippen LogP contribution in [0.4, 0.5) is 4.79 Å². The summed E-state index contributed by atoms with van der Waals surface area (Å²) in [6.07, 6.45) is 4.56. The van der Waals surface area contributed by atoms with Gasteiger partial charge in [0.1, 0.15) is 11.1 Å². The Kier molecular flexibility index (Phi) is 4.35. The Morgan fingerprint density at radius 3 is 2.04 bits per heavy atom. The first-order chi connectivity index (χ1) is 11.8. The number of carbonyl (C=O) groups is 1. The Morgan fingerprint density at radius 2 is 1.62 bits per heavy atom. The fourth-order valence-electron chi connectivity index (χ4n) is 2.71. The van der Waals surface area contributed by atoms with Crippen molar-refractivity contribution in [2.45, 2.75) is 83.6 Å². The van der Waals surface area contributed by atoms with E-state index < -0.39 is 35.6 Å². The van der Waals surface area contributed by atoms with Crippen molar-refractivity contribution >= 4 is 18.7 Å². The zero-order chi connectivity index (χ0) is 19.4. The van der Waals surface area contributed by atoms with Crippen LogP contribution >= 0.6 is 0 Å². The maximum atomic E-state index is 12.1. The minimum absolute atomic E-state index is 0.410. The highest BCUT2D eigenvalue weighted by Gasteiger charge is 2.53. The van der Waals surface area contributed by atoms with Crippen molar-refractivity contribution in [1.29, 1.82) is 0 Å². The molecule has 142 valence electrons. The van der Waals surface area contributed by atoms with Crippen molar-refractivity contribution in [3.05, 3.63) is 18.2 Å². The number of nitrogens with one attached hydrogen (secondary N) is 1. The highest BCUT2D eigenvalue weighted by Crippen LogP contribution is 2.43. The Morgan fingerprint density at radius 1 is 1.12 bits per heavy atom. The average Bonchev–Trinajstić information content (AvgIpc) is 3.20. The Labute approximate surface area is 155 Å². The molecule has 1 N–H and O–H groups in total. The van der Waals surface area contributed by atoms with Crippen molar-refractivity contribution in [2.75, 3.05) is 0 Å². The van der Waals surface area contributed by atoms with Gasteiger partial charge in [-0.2, -0.15) is 0 Å². The van der Waals surface area contributed by atoms with Crippen LogP contribution in [0.3, 0.4) is 0 Å². The third-order valence-electron chi connectivity index (χ3n) is 5.12. The quantitative estimate of drug-likeness (QED) is 0.832. The number of nitrogens with zero attached hydrogens (tertiary/aromatic N) is 2. The summed E-state index contributed by atoms with van der Waals surface area (Å²) in [5, 5.41) is 2.91. The van der Waals surface area contributed by atoms with Crippen LogP contribution in [0.2, 0.25) is 0 Å². The highest BCUT2D eigenvalue weighted by atomic mass is 16.7. The third-order valence-corrected chi connectivity index (χ3v) is 5.12. The van der Waals surface area contributed by atoms with Crippen molar-refractivity contribution in [3.8, 4) is 0 Å². The van der Waals surface area contributed by atoms with Gasteiger partial charge in [-0.05, 0) is 61.3 Å². The summed E-state index contributed by atoms with van der Waals surface area (Å²) >= 11 is 0. The van der Waals surface area contributed by atoms with Crippen molar-refractivity contribution in [2.24, 2.45) is 0 Å². The van der Waals surface area contributed by atoms with E-state index in [0.29, 0.717) is 5.82 Å². The maximum absolute atomic E-state index is 12.1. The number of alkyl carbamates (subject to hydrolysis) is 1. The van der Waals surface area contributed by atoms with E-state index in [0.717, 1.165) is 18.3 Å². The van der Waals surface area contributed by atoms with Crippen molar-refractivity contribution < 1.29 is 18.8 Å². The summed E-state index contributed by atoms with van der Waals surface area (Å²) in [5.74, 6) is 0.587. The molecule has 1 amide bonds. The van der Waals surface area contributed by atoms with E-state index in [9.17, 15) is 4.79 Å². The van der Waals surface area contributed by atoms with Crippen LogP contribution in [0.5, 0.6) is 0 Å². The molecule has 2 fully saturated rings. The zero-order valence-corrected chi connectivity index (χ0v) is 16.7. The zero-order valence-electron chi connectivity index (χ0n) is 16.7. The first kappa shape index (κ1) is 19.1. The number of hydrogen-bond donors (Lipinski definition) is 1. The van der Waals surface area contributed by atoms with E-state index in [2.05, 4.69) is 15.3 Å². The molecule has 7 nitrogen and oxygen atoms in total. The monoisotopic (exact) mass is 361 g/mol. The minimum atomic E-state index is -0.540. The molecular weight excluding hydrogens is 333 g/mol. The predicted molar refractivity (Wildman–Crippen MR) is 98.0 cm³/mol. The van der Waals surface area contributed by atoms with Crippen LogP contribution < -0.4 is 10.8 Å². The molecule has 2 aliphatic rings. The number of rotatable bonds is 3. The summed E-state index contributed by atoms with van der Waals surface area (Å²) in [6, 6.07) is 0. The topological polar surface area (TPSA) is 82.6 Å². The van der Waals surface area contributed by atoms with E-state index in [4.69, 9.17) is 14.0 Å². The van der Waals surface area contributed by atoms with E-state index in [1.54, 1.807) is 12.4 Å². The second-order valence-corrected chi connectivity index (χ2v) is 9.14. The molecule has 1 aliphatic heterocycles. The van der Waals surface area contributed by atoms with Gasteiger partial charge < -0.3 is 19.4 Å². The largest absolute Gasteiger partial charge is 0.498 e. The fraction of sp³-hybridized carbons (Fsp3) is 0.722. The molecular formula is C18H28BN3O4. The van der Waals surface area contributed by atoms with E-state index in [1.807, 2.05) is 48.5 Å². The predicted octanol–water partition coefficient (Wildman–Crippen LogP) is 2.29. The van der Waals surface area contributed by atoms with E-state index >= 15 is 0 Å². The molecule has 8 heteroatoms. The number of amides is 1. The maximum Gasteiger partial charge on any atom is 0.498 e. The molecule has 1 saturated heterocycles. The number of carbonyl (C=O) groups excluding carboxylic acids is 1. The van der Waals surface area contributed by atoms with Gasteiger partial charge in [0.2, 0.25) is 0 Å². The molecule has 0 radical (unpaired) electrons. The summed E-state index contributed by atoms with van der Waals surface area (Å²) in [6.45, 7) is 13.5. The van der Waals surface area contributed by atoms with Crippen LogP contribution in [0, 0.1) is 0 Å². The number of aromatic nitrogens is 2. The number of ether oxygens (including phenoxy) is 1. The lowest BCUT2D eigenvalue weighted by atomic mass is 9.81. The molecule has 0 unspecified atom stereocenters. The molecule has 0 atom stereocenters. The molecule has 26 heavy (non-hydrogen) atoms. The minimum Gasteiger partial charge on any atom is -0.444 e. The second kappa shape index (κ2) is 5.92. The SMILES string of the molecule is CC(C)(C)OC(=O)NC1(c2ncc(B3OC(C)(C)C(C)(C)O3)cn2)CC1. The summed E-state index contributed by atoms with van der Waals surface area (Å²) in [5.41, 5.74) is -1.13. The van der Waals surface area contributed by atoms with Gasteiger partial charge in [0, 0.05) is 17.9 Å². The summed E-state index contributed by atoms with van der Waals surface area (Å²) in [4.78, 5) is 21.0. The number of hydrogen-bond acceptors (Lipinski definition) is 6. The van der Waals surface area contributed by atoms with Gasteiger partial charge in [0.15, 0.2) is 5.82 Å². The average molecular weight is 361 g/mol. The first-order valence-corrected chi connectivity index (χ1v) is 9.03. The molecule has 0 spiro atoms. The van der Waals surface area contributed by atoms with Gasteiger partial charge >= 0.3 is 13.2 Å². The summed E-state index contributed by atoms with van der Waals surface area (Å²) < 4.78 is 17.4. The molecule has 1 aromatic rings. The standard InChI is InChI=1S/C18H28BN3O4/c1-15(2,3)24-14(23)22-18(8-9-18)13-20-10-12(11-21-13)19-25-16(4,5)17(6,7)26-19/h10-11H,8-9H2,1-7H3,(H,22,23). The Balaban J connectivity index is 1.70. The first-order valence-electron chi connectivity index (χ1n) is 9.03. The van der Waals surface area contributed by atoms with Crippen molar-refractivity contribution in [1.82, 2.24) is 15.3 Å². The lowest BCUT2D eigenvalue weighted by Crippen LogP contribution is -2.41. The van der Waals surface area contributed by atoms with Gasteiger partial charge in [-0.1, -0.05) is 0 Å². The molecule has 0 aromatic carbocycles.